The third-order valence-electron chi connectivity index (χ3n) is 4.39. The van der Waals surface area contributed by atoms with Crippen molar-refractivity contribution in [1.82, 2.24) is 0 Å². The van der Waals surface area contributed by atoms with Gasteiger partial charge >= 0.3 is 0 Å². The highest BCUT2D eigenvalue weighted by atomic mass is 32.1. The van der Waals surface area contributed by atoms with Gasteiger partial charge in [0.05, 0.1) is 4.88 Å². The Kier molecular flexibility index (Phi) is 4.34. The fraction of sp³-hybridized carbons (Fsp3) is 0.421. The van der Waals surface area contributed by atoms with Crippen LogP contribution in [0.2, 0.25) is 0 Å². The summed E-state index contributed by atoms with van der Waals surface area (Å²) in [5.74, 6) is 1.27. The highest BCUT2D eigenvalue weighted by Crippen LogP contribution is 2.32. The molecule has 0 radical (unpaired) electrons. The maximum absolute atomic E-state index is 12.4. The Balaban J connectivity index is 1.72. The Morgan fingerprint density at radius 3 is 2.68 bits per heavy atom. The monoisotopic (exact) mass is 313 g/mol. The molecule has 1 aliphatic rings. The summed E-state index contributed by atoms with van der Waals surface area (Å²) in [5, 5.41) is 3.02. The Bertz CT molecular complexity index is 669. The molecule has 22 heavy (non-hydrogen) atoms. The van der Waals surface area contributed by atoms with E-state index in [0.29, 0.717) is 5.92 Å². The minimum absolute atomic E-state index is 0.0179. The van der Waals surface area contributed by atoms with Crippen molar-refractivity contribution < 1.29 is 4.79 Å². The summed E-state index contributed by atoms with van der Waals surface area (Å²) in [4.78, 5) is 14.7. The number of rotatable bonds is 3. The standard InChI is InChI=1S/C19H23NOS/c1-12(2)14-5-7-16(8-6-14)20-19(21)18-11-15-10-13(3)4-9-17(15)22-18/h5-8,11-13H,4,9-10H2,1-3H3,(H,20,21)/t13-/m0/s1. The molecule has 116 valence electrons. The van der Waals surface area contributed by atoms with Crippen molar-refractivity contribution in [2.75, 3.05) is 5.32 Å². The van der Waals surface area contributed by atoms with Crippen LogP contribution in [0.4, 0.5) is 5.69 Å². The molecule has 0 spiro atoms. The van der Waals surface area contributed by atoms with E-state index in [0.717, 1.165) is 29.3 Å². The van der Waals surface area contributed by atoms with Crippen molar-refractivity contribution in [2.45, 2.75) is 46.0 Å². The largest absolute Gasteiger partial charge is 0.321 e. The van der Waals surface area contributed by atoms with Gasteiger partial charge in [0.15, 0.2) is 0 Å². The molecule has 0 bridgehead atoms. The Morgan fingerprint density at radius 1 is 1.27 bits per heavy atom. The lowest BCUT2D eigenvalue weighted by Crippen LogP contribution is -2.10. The van der Waals surface area contributed by atoms with Gasteiger partial charge < -0.3 is 5.32 Å². The number of carbonyl (C=O) groups excluding carboxylic acids is 1. The molecular weight excluding hydrogens is 290 g/mol. The number of nitrogens with one attached hydrogen (secondary N) is 1. The molecule has 0 saturated heterocycles. The van der Waals surface area contributed by atoms with Crippen LogP contribution in [0.25, 0.3) is 0 Å². The predicted octanol–water partition coefficient (Wildman–Crippen LogP) is 5.25. The molecule has 0 saturated carbocycles. The summed E-state index contributed by atoms with van der Waals surface area (Å²) < 4.78 is 0. The Labute approximate surface area is 136 Å². The number of fused-ring (bicyclic) bond motifs is 1. The number of aryl methyl sites for hydroxylation is 1. The number of hydrogen-bond acceptors (Lipinski definition) is 2. The number of thiophene rings is 1. The van der Waals surface area contributed by atoms with E-state index in [4.69, 9.17) is 0 Å². The maximum atomic E-state index is 12.4. The van der Waals surface area contributed by atoms with Crippen molar-refractivity contribution >= 4 is 22.9 Å². The molecule has 2 aromatic rings. The minimum Gasteiger partial charge on any atom is -0.321 e. The van der Waals surface area contributed by atoms with Crippen LogP contribution in [0.3, 0.4) is 0 Å². The lowest BCUT2D eigenvalue weighted by Gasteiger charge is -2.16. The Hall–Kier alpha value is -1.61. The van der Waals surface area contributed by atoms with Gasteiger partial charge in [-0.3, -0.25) is 4.79 Å². The average Bonchev–Trinajstić information content (AvgIpc) is 2.91. The number of anilines is 1. The predicted molar refractivity (Wildman–Crippen MR) is 94.0 cm³/mol. The van der Waals surface area contributed by atoms with Crippen LogP contribution >= 0.6 is 11.3 Å². The van der Waals surface area contributed by atoms with Gasteiger partial charge in [0.1, 0.15) is 0 Å². The van der Waals surface area contributed by atoms with Gasteiger partial charge in [-0.1, -0.05) is 32.9 Å². The topological polar surface area (TPSA) is 29.1 Å². The fourth-order valence-electron chi connectivity index (χ4n) is 2.96. The normalized spacial score (nSPS) is 17.4. The molecule has 1 amide bonds. The maximum Gasteiger partial charge on any atom is 0.265 e. The minimum atomic E-state index is 0.0179. The van der Waals surface area contributed by atoms with Crippen molar-refractivity contribution in [1.29, 1.82) is 0 Å². The summed E-state index contributed by atoms with van der Waals surface area (Å²) in [7, 11) is 0. The van der Waals surface area contributed by atoms with E-state index >= 15 is 0 Å². The van der Waals surface area contributed by atoms with Crippen molar-refractivity contribution in [2.24, 2.45) is 5.92 Å². The first-order valence-electron chi connectivity index (χ1n) is 8.06. The molecule has 1 N–H and O–H groups in total. The third-order valence-corrected chi connectivity index (χ3v) is 5.62. The highest BCUT2D eigenvalue weighted by molar-refractivity contribution is 7.14. The summed E-state index contributed by atoms with van der Waals surface area (Å²) in [6, 6.07) is 10.2. The number of hydrogen-bond donors (Lipinski definition) is 1. The van der Waals surface area contributed by atoms with E-state index in [1.165, 1.54) is 22.4 Å². The van der Waals surface area contributed by atoms with E-state index in [2.05, 4.69) is 44.3 Å². The van der Waals surface area contributed by atoms with Gasteiger partial charge in [0.25, 0.3) is 5.91 Å². The first kappa shape index (κ1) is 15.3. The lowest BCUT2D eigenvalue weighted by atomic mass is 9.90. The summed E-state index contributed by atoms with van der Waals surface area (Å²) in [6.45, 7) is 6.63. The third kappa shape index (κ3) is 3.25. The lowest BCUT2D eigenvalue weighted by molar-refractivity contribution is 0.103. The van der Waals surface area contributed by atoms with Crippen LogP contribution in [0.5, 0.6) is 0 Å². The molecule has 1 aliphatic carbocycles. The van der Waals surface area contributed by atoms with E-state index in [1.807, 2.05) is 12.1 Å². The molecule has 3 heteroatoms. The molecule has 1 aromatic carbocycles. The van der Waals surface area contributed by atoms with E-state index in [-0.39, 0.29) is 5.91 Å². The van der Waals surface area contributed by atoms with Gasteiger partial charge in [0, 0.05) is 10.6 Å². The second-order valence-electron chi connectivity index (χ2n) is 6.64. The summed E-state index contributed by atoms with van der Waals surface area (Å²) in [6.07, 6.45) is 3.48. The van der Waals surface area contributed by atoms with Crippen molar-refractivity contribution in [3.8, 4) is 0 Å². The van der Waals surface area contributed by atoms with Gasteiger partial charge in [-0.2, -0.15) is 0 Å². The number of benzene rings is 1. The summed E-state index contributed by atoms with van der Waals surface area (Å²) in [5.41, 5.74) is 3.54. The zero-order valence-corrected chi connectivity index (χ0v) is 14.3. The zero-order valence-electron chi connectivity index (χ0n) is 13.5. The van der Waals surface area contributed by atoms with Gasteiger partial charge in [-0.25, -0.2) is 0 Å². The molecule has 3 rings (SSSR count). The van der Waals surface area contributed by atoms with Gasteiger partial charge in [-0.05, 0) is 60.4 Å². The van der Waals surface area contributed by atoms with Crippen LogP contribution < -0.4 is 5.32 Å². The van der Waals surface area contributed by atoms with Gasteiger partial charge in [-0.15, -0.1) is 11.3 Å². The second-order valence-corrected chi connectivity index (χ2v) is 7.77. The number of carbonyl (C=O) groups is 1. The molecule has 1 aromatic heterocycles. The van der Waals surface area contributed by atoms with Crippen LogP contribution in [0.1, 0.15) is 58.8 Å². The first-order chi connectivity index (χ1) is 10.5. The molecule has 0 fully saturated rings. The van der Waals surface area contributed by atoms with Crippen molar-refractivity contribution in [3.05, 3.63) is 51.2 Å². The summed E-state index contributed by atoms with van der Waals surface area (Å²) >= 11 is 1.66. The molecule has 2 nitrogen and oxygen atoms in total. The first-order valence-corrected chi connectivity index (χ1v) is 8.87. The molecule has 0 unspecified atom stereocenters. The second kappa shape index (κ2) is 6.25. The number of amides is 1. The average molecular weight is 313 g/mol. The van der Waals surface area contributed by atoms with E-state index < -0.39 is 0 Å². The molecule has 0 aliphatic heterocycles. The van der Waals surface area contributed by atoms with Crippen LogP contribution in [-0.4, -0.2) is 5.91 Å². The Morgan fingerprint density at radius 2 is 2.00 bits per heavy atom. The molecular formula is C19H23NOS. The molecule has 1 heterocycles. The van der Waals surface area contributed by atoms with E-state index in [9.17, 15) is 4.79 Å². The fourth-order valence-corrected chi connectivity index (χ4v) is 4.07. The molecule has 1 atom stereocenters. The van der Waals surface area contributed by atoms with Crippen molar-refractivity contribution in [3.63, 3.8) is 0 Å². The zero-order chi connectivity index (χ0) is 15.7. The van der Waals surface area contributed by atoms with Crippen LogP contribution in [-0.2, 0) is 12.8 Å². The van der Waals surface area contributed by atoms with E-state index in [1.54, 1.807) is 11.3 Å². The SMILES string of the molecule is CC(C)c1ccc(NC(=O)c2cc3c(s2)CC[C@H](C)C3)cc1. The van der Waals surface area contributed by atoms with Crippen LogP contribution in [0.15, 0.2) is 30.3 Å². The quantitative estimate of drug-likeness (QED) is 0.824. The smallest absolute Gasteiger partial charge is 0.265 e. The van der Waals surface area contributed by atoms with Gasteiger partial charge in [0.2, 0.25) is 0 Å². The van der Waals surface area contributed by atoms with Crippen LogP contribution in [0, 0.1) is 5.92 Å². The highest BCUT2D eigenvalue weighted by Gasteiger charge is 2.20.